The van der Waals surface area contributed by atoms with Crippen molar-refractivity contribution in [1.29, 1.82) is 0 Å². The fraction of sp³-hybridized carbons (Fsp3) is 0.875. The molecule has 3 aliphatic heterocycles. The van der Waals surface area contributed by atoms with Gasteiger partial charge in [-0.25, -0.2) is 20.0 Å². The van der Waals surface area contributed by atoms with Gasteiger partial charge >= 0.3 is 0 Å². The summed E-state index contributed by atoms with van der Waals surface area (Å²) in [6.07, 6.45) is 30.4. The molecule has 0 saturated carbocycles. The number of hydrogen-bond donors (Lipinski definition) is 0. The second-order valence-corrected chi connectivity index (χ2v) is 13.1. The number of nitrogens with zero attached hydrogens (tertiary/aromatic N) is 5. The summed E-state index contributed by atoms with van der Waals surface area (Å²) in [6.45, 7) is 11.6. The minimum Gasteiger partial charge on any atom is -0.331 e. The van der Waals surface area contributed by atoms with E-state index in [0.717, 1.165) is 24.5 Å². The van der Waals surface area contributed by atoms with Crippen molar-refractivity contribution in [3.05, 3.63) is 0 Å². The number of hydrogen-bond acceptors (Lipinski definition) is 5. The topological polar surface area (TPSA) is 52.7 Å². The zero-order chi connectivity index (χ0) is 26.6. The van der Waals surface area contributed by atoms with Crippen LogP contribution in [0.2, 0.25) is 0 Å². The highest BCUT2D eigenvalue weighted by Crippen LogP contribution is 2.40. The third-order valence-corrected chi connectivity index (χ3v) is 8.83. The smallest absolute Gasteiger partial charge is 0.224 e. The monoisotopic (exact) mass is 511 g/mol. The first-order valence-corrected chi connectivity index (χ1v) is 15.9. The second-order valence-electron chi connectivity index (χ2n) is 13.1. The first-order valence-electron chi connectivity index (χ1n) is 15.9. The molecule has 1 saturated heterocycles. The van der Waals surface area contributed by atoms with Gasteiger partial charge in [-0.2, -0.15) is 0 Å². The van der Waals surface area contributed by atoms with Gasteiger partial charge in [0.15, 0.2) is 5.66 Å². The number of rotatable bonds is 17. The van der Waals surface area contributed by atoms with Crippen LogP contribution in [0.25, 0.3) is 0 Å². The molecule has 210 valence electrons. The highest BCUT2D eigenvalue weighted by molar-refractivity contribution is 6.40. The van der Waals surface area contributed by atoms with Gasteiger partial charge in [0.2, 0.25) is 5.96 Å². The summed E-state index contributed by atoms with van der Waals surface area (Å²) in [4.78, 5) is 21.8. The molecule has 0 N–H and O–H groups in total. The second kappa shape index (κ2) is 14.6. The molecule has 3 heterocycles. The Morgan fingerprint density at radius 3 is 1.70 bits per heavy atom. The van der Waals surface area contributed by atoms with Crippen LogP contribution in [-0.4, -0.2) is 45.9 Å². The highest BCUT2D eigenvalue weighted by atomic mass is 15.4. The first-order chi connectivity index (χ1) is 17.8. The van der Waals surface area contributed by atoms with E-state index in [1.165, 1.54) is 116 Å². The van der Waals surface area contributed by atoms with Crippen LogP contribution in [0.3, 0.4) is 0 Å². The van der Waals surface area contributed by atoms with Gasteiger partial charge in [0.05, 0.1) is 6.21 Å². The molecule has 5 nitrogen and oxygen atoms in total. The number of piperidine rings is 1. The molecular weight excluding hydrogens is 454 g/mol. The number of unbranched alkanes of at least 4 members (excludes halogenated alkanes) is 15. The summed E-state index contributed by atoms with van der Waals surface area (Å²) in [5.41, 5.74) is 0.468. The molecular formula is C32H57N5. The van der Waals surface area contributed by atoms with E-state index in [-0.39, 0.29) is 11.1 Å². The molecule has 0 spiro atoms. The standard InChI is InChI=1S/C32H57N5/c1-6-7-8-9-10-11-12-13-14-15-16-17-18-19-20-21-25-32-28(34-27-35-32)26-33-29(36-32)37-30(2,3)23-22-24-31(37,4)5/h26-27H,6-25H2,1-5H3. The average molecular weight is 512 g/mol. The van der Waals surface area contributed by atoms with Crippen LogP contribution in [0.5, 0.6) is 0 Å². The summed E-state index contributed by atoms with van der Waals surface area (Å²) >= 11 is 0. The quantitative estimate of drug-likeness (QED) is 0.179. The Labute approximate surface area is 228 Å². The first kappa shape index (κ1) is 30.0. The third-order valence-electron chi connectivity index (χ3n) is 8.83. The molecule has 0 aromatic heterocycles. The van der Waals surface area contributed by atoms with Crippen molar-refractivity contribution in [3.63, 3.8) is 0 Å². The predicted molar refractivity (Wildman–Crippen MR) is 163 cm³/mol. The van der Waals surface area contributed by atoms with Crippen molar-refractivity contribution in [2.45, 2.75) is 180 Å². The van der Waals surface area contributed by atoms with Gasteiger partial charge in [0.1, 0.15) is 12.1 Å². The van der Waals surface area contributed by atoms with E-state index < -0.39 is 5.66 Å². The summed E-state index contributed by atoms with van der Waals surface area (Å²) in [5, 5.41) is 0. The Morgan fingerprint density at radius 2 is 1.19 bits per heavy atom. The predicted octanol–water partition coefficient (Wildman–Crippen LogP) is 9.30. The molecule has 3 aliphatic rings. The van der Waals surface area contributed by atoms with Crippen LogP contribution in [0.1, 0.15) is 163 Å². The zero-order valence-electron chi connectivity index (χ0n) is 25.0. The van der Waals surface area contributed by atoms with Crippen LogP contribution in [-0.2, 0) is 0 Å². The molecule has 0 aromatic rings. The van der Waals surface area contributed by atoms with Crippen molar-refractivity contribution >= 4 is 24.2 Å². The van der Waals surface area contributed by atoms with E-state index >= 15 is 0 Å². The summed E-state index contributed by atoms with van der Waals surface area (Å²) in [6, 6.07) is 0. The Bertz CT molecular complexity index is 790. The van der Waals surface area contributed by atoms with E-state index in [4.69, 9.17) is 15.0 Å². The Morgan fingerprint density at radius 1 is 0.703 bits per heavy atom. The molecule has 1 fully saturated rings. The van der Waals surface area contributed by atoms with Crippen LogP contribution in [0.4, 0.5) is 0 Å². The lowest BCUT2D eigenvalue weighted by molar-refractivity contribution is 0.0394. The zero-order valence-corrected chi connectivity index (χ0v) is 25.0. The molecule has 0 aromatic carbocycles. The molecule has 0 aliphatic carbocycles. The SMILES string of the molecule is CCCCCCCCCCCCCCCCCCC12N=CN=C1C=NC(N1C(C)(C)CCCC1(C)C)=N2. The molecule has 0 amide bonds. The normalized spacial score (nSPS) is 23.8. The van der Waals surface area contributed by atoms with Gasteiger partial charge < -0.3 is 4.90 Å². The van der Waals surface area contributed by atoms with Crippen molar-refractivity contribution in [2.75, 3.05) is 0 Å². The molecule has 1 atom stereocenters. The van der Waals surface area contributed by atoms with E-state index in [1.54, 1.807) is 6.34 Å². The fourth-order valence-corrected chi connectivity index (χ4v) is 6.71. The summed E-state index contributed by atoms with van der Waals surface area (Å²) < 4.78 is 0. The van der Waals surface area contributed by atoms with Crippen molar-refractivity contribution < 1.29 is 0 Å². The Hall–Kier alpha value is -1.52. The molecule has 5 heteroatoms. The summed E-state index contributed by atoms with van der Waals surface area (Å²) in [7, 11) is 0. The number of guanidine groups is 1. The highest BCUT2D eigenvalue weighted by Gasteiger charge is 2.46. The average Bonchev–Trinajstić information content (AvgIpc) is 3.26. The fourth-order valence-electron chi connectivity index (χ4n) is 6.71. The van der Waals surface area contributed by atoms with E-state index in [9.17, 15) is 0 Å². The van der Waals surface area contributed by atoms with Gasteiger partial charge in [-0.3, -0.25) is 0 Å². The number of aliphatic imine (C=N–C) groups is 4. The maximum atomic E-state index is 5.21. The maximum Gasteiger partial charge on any atom is 0.224 e. The number of fused-ring (bicyclic) bond motifs is 1. The summed E-state index contributed by atoms with van der Waals surface area (Å²) in [5.74, 6) is 0.851. The molecule has 0 radical (unpaired) electrons. The van der Waals surface area contributed by atoms with Gasteiger partial charge in [0.25, 0.3) is 0 Å². The lowest BCUT2D eigenvalue weighted by Gasteiger charge is -2.54. The van der Waals surface area contributed by atoms with E-state index in [1.807, 2.05) is 6.21 Å². The lowest BCUT2D eigenvalue weighted by atomic mass is 9.80. The largest absolute Gasteiger partial charge is 0.331 e. The van der Waals surface area contributed by atoms with Crippen LogP contribution < -0.4 is 0 Å². The van der Waals surface area contributed by atoms with Crippen LogP contribution >= 0.6 is 0 Å². The van der Waals surface area contributed by atoms with E-state index in [0.29, 0.717) is 0 Å². The maximum absolute atomic E-state index is 5.21. The van der Waals surface area contributed by atoms with Gasteiger partial charge in [-0.15, -0.1) is 0 Å². The minimum absolute atomic E-state index is 0.0460. The minimum atomic E-state index is -0.545. The van der Waals surface area contributed by atoms with Crippen LogP contribution in [0.15, 0.2) is 20.0 Å². The van der Waals surface area contributed by atoms with Gasteiger partial charge in [0, 0.05) is 11.1 Å². The van der Waals surface area contributed by atoms with Crippen LogP contribution in [0, 0.1) is 0 Å². The number of likely N-dealkylation sites (tertiary alicyclic amines) is 1. The molecule has 37 heavy (non-hydrogen) atoms. The Kier molecular flexibility index (Phi) is 11.8. The molecule has 3 rings (SSSR count). The molecule has 0 bridgehead atoms. The Balaban J connectivity index is 1.32. The van der Waals surface area contributed by atoms with Crippen molar-refractivity contribution in [3.8, 4) is 0 Å². The van der Waals surface area contributed by atoms with Gasteiger partial charge in [-0.05, 0) is 59.8 Å². The van der Waals surface area contributed by atoms with Crippen molar-refractivity contribution in [1.82, 2.24) is 4.90 Å². The molecule has 1 unspecified atom stereocenters. The third kappa shape index (κ3) is 8.75. The van der Waals surface area contributed by atoms with Crippen molar-refractivity contribution in [2.24, 2.45) is 20.0 Å². The van der Waals surface area contributed by atoms with E-state index in [2.05, 4.69) is 44.5 Å². The lowest BCUT2D eigenvalue weighted by Crippen LogP contribution is -2.61. The van der Waals surface area contributed by atoms with Gasteiger partial charge in [-0.1, -0.05) is 103 Å².